The summed E-state index contributed by atoms with van der Waals surface area (Å²) in [6.07, 6.45) is 11.0. The summed E-state index contributed by atoms with van der Waals surface area (Å²) in [7, 11) is 0. The molecule has 0 heterocycles. The third-order valence-electron chi connectivity index (χ3n) is 2.83. The second kappa shape index (κ2) is 12.2. The van der Waals surface area contributed by atoms with Crippen LogP contribution in [-0.2, 0) is 9.53 Å². The highest BCUT2D eigenvalue weighted by molar-refractivity contribution is 5.88. The lowest BCUT2D eigenvalue weighted by Gasteiger charge is -2.04. The van der Waals surface area contributed by atoms with Crippen LogP contribution in [-0.4, -0.2) is 12.6 Å². The van der Waals surface area contributed by atoms with Gasteiger partial charge in [-0.05, 0) is 13.3 Å². The van der Waals surface area contributed by atoms with Crippen molar-refractivity contribution >= 4 is 5.97 Å². The SMILES string of the molecule is CCCCCCCCCCOC(=O)/C(C)=C/C#N. The van der Waals surface area contributed by atoms with Gasteiger partial charge in [0.1, 0.15) is 0 Å². The van der Waals surface area contributed by atoms with E-state index in [9.17, 15) is 4.79 Å². The molecular weight excluding hydrogens is 226 g/mol. The Hall–Kier alpha value is -1.30. The fourth-order valence-electron chi connectivity index (χ4n) is 1.67. The van der Waals surface area contributed by atoms with E-state index in [1.807, 2.05) is 6.07 Å². The minimum atomic E-state index is -0.375. The predicted molar refractivity (Wildman–Crippen MR) is 72.9 cm³/mol. The number of hydrogen-bond donors (Lipinski definition) is 0. The van der Waals surface area contributed by atoms with Gasteiger partial charge in [0.05, 0.1) is 12.7 Å². The Labute approximate surface area is 111 Å². The Morgan fingerprint density at radius 2 is 1.67 bits per heavy atom. The van der Waals surface area contributed by atoms with Crippen LogP contribution in [0.3, 0.4) is 0 Å². The van der Waals surface area contributed by atoms with Gasteiger partial charge in [-0.2, -0.15) is 5.26 Å². The van der Waals surface area contributed by atoms with E-state index in [0.717, 1.165) is 12.8 Å². The first-order valence-corrected chi connectivity index (χ1v) is 6.95. The van der Waals surface area contributed by atoms with Crippen LogP contribution in [0.15, 0.2) is 11.6 Å². The van der Waals surface area contributed by atoms with Gasteiger partial charge in [-0.1, -0.05) is 51.9 Å². The summed E-state index contributed by atoms with van der Waals surface area (Å²) in [5.74, 6) is -0.375. The van der Waals surface area contributed by atoms with E-state index in [1.165, 1.54) is 44.6 Å². The number of nitriles is 1. The van der Waals surface area contributed by atoms with Gasteiger partial charge in [-0.3, -0.25) is 0 Å². The van der Waals surface area contributed by atoms with Crippen LogP contribution >= 0.6 is 0 Å². The Balaban J connectivity index is 3.33. The molecule has 0 aromatic carbocycles. The van der Waals surface area contributed by atoms with E-state index in [2.05, 4.69) is 6.92 Å². The average Bonchev–Trinajstić information content (AvgIpc) is 2.36. The Morgan fingerprint density at radius 1 is 1.11 bits per heavy atom. The average molecular weight is 251 g/mol. The van der Waals surface area contributed by atoms with Crippen molar-refractivity contribution in [2.45, 2.75) is 65.2 Å². The van der Waals surface area contributed by atoms with Gasteiger partial charge in [0.25, 0.3) is 0 Å². The molecule has 0 spiro atoms. The van der Waals surface area contributed by atoms with Crippen LogP contribution in [0.1, 0.15) is 65.2 Å². The topological polar surface area (TPSA) is 50.1 Å². The number of ether oxygens (including phenoxy) is 1. The molecule has 18 heavy (non-hydrogen) atoms. The number of carbonyl (C=O) groups is 1. The monoisotopic (exact) mass is 251 g/mol. The van der Waals surface area contributed by atoms with Crippen LogP contribution in [0.25, 0.3) is 0 Å². The van der Waals surface area contributed by atoms with Crippen molar-refractivity contribution in [2.24, 2.45) is 0 Å². The van der Waals surface area contributed by atoms with Gasteiger partial charge in [0, 0.05) is 11.6 Å². The largest absolute Gasteiger partial charge is 0.462 e. The smallest absolute Gasteiger partial charge is 0.334 e. The Bertz CT molecular complexity index is 289. The maximum atomic E-state index is 11.3. The first kappa shape index (κ1) is 16.7. The minimum absolute atomic E-state index is 0.372. The second-order valence-electron chi connectivity index (χ2n) is 4.57. The third-order valence-corrected chi connectivity index (χ3v) is 2.83. The standard InChI is InChI=1S/C15H25NO2/c1-3-4-5-6-7-8-9-10-13-18-15(17)14(2)11-12-16/h11H,3-10,13H2,1-2H3/b14-11+. The molecule has 0 amide bonds. The maximum absolute atomic E-state index is 11.3. The van der Waals surface area contributed by atoms with Gasteiger partial charge in [0.15, 0.2) is 0 Å². The van der Waals surface area contributed by atoms with E-state index in [-0.39, 0.29) is 5.97 Å². The summed E-state index contributed by atoms with van der Waals surface area (Å²) >= 11 is 0. The van der Waals surface area contributed by atoms with E-state index in [1.54, 1.807) is 6.92 Å². The Kier molecular flexibility index (Phi) is 11.3. The lowest BCUT2D eigenvalue weighted by molar-refractivity contribution is -0.139. The molecule has 0 unspecified atom stereocenters. The van der Waals surface area contributed by atoms with Crippen molar-refractivity contribution in [3.05, 3.63) is 11.6 Å². The number of rotatable bonds is 10. The number of esters is 1. The Morgan fingerprint density at radius 3 is 2.22 bits per heavy atom. The van der Waals surface area contributed by atoms with Crippen LogP contribution in [0.2, 0.25) is 0 Å². The molecule has 0 saturated carbocycles. The van der Waals surface area contributed by atoms with Crippen molar-refractivity contribution in [1.29, 1.82) is 5.26 Å². The highest BCUT2D eigenvalue weighted by Crippen LogP contribution is 2.08. The molecule has 0 bridgehead atoms. The first-order chi connectivity index (χ1) is 8.72. The quantitative estimate of drug-likeness (QED) is 0.254. The fraction of sp³-hybridized carbons (Fsp3) is 0.733. The van der Waals surface area contributed by atoms with Crippen LogP contribution in [0.4, 0.5) is 0 Å². The van der Waals surface area contributed by atoms with Crippen molar-refractivity contribution in [1.82, 2.24) is 0 Å². The predicted octanol–water partition coefficient (Wildman–Crippen LogP) is 4.14. The zero-order chi connectivity index (χ0) is 13.6. The number of unbranched alkanes of at least 4 members (excludes halogenated alkanes) is 7. The molecule has 0 saturated heterocycles. The van der Waals surface area contributed by atoms with Crippen LogP contribution in [0, 0.1) is 11.3 Å². The van der Waals surface area contributed by atoms with Gasteiger partial charge in [-0.15, -0.1) is 0 Å². The number of allylic oxidation sites excluding steroid dienone is 1. The molecule has 0 rings (SSSR count). The lowest BCUT2D eigenvalue weighted by atomic mass is 10.1. The normalized spacial score (nSPS) is 11.1. The van der Waals surface area contributed by atoms with Crippen molar-refractivity contribution in [3.63, 3.8) is 0 Å². The van der Waals surface area contributed by atoms with E-state index >= 15 is 0 Å². The maximum Gasteiger partial charge on any atom is 0.334 e. The van der Waals surface area contributed by atoms with Crippen molar-refractivity contribution in [2.75, 3.05) is 6.61 Å². The zero-order valence-electron chi connectivity index (χ0n) is 11.7. The van der Waals surface area contributed by atoms with Crippen LogP contribution in [0.5, 0.6) is 0 Å². The molecule has 3 nitrogen and oxygen atoms in total. The molecule has 0 atom stereocenters. The molecule has 3 heteroatoms. The number of hydrogen-bond acceptors (Lipinski definition) is 3. The second-order valence-corrected chi connectivity index (χ2v) is 4.57. The van der Waals surface area contributed by atoms with E-state index in [4.69, 9.17) is 10.00 Å². The van der Waals surface area contributed by atoms with E-state index < -0.39 is 0 Å². The van der Waals surface area contributed by atoms with Gasteiger partial charge in [0.2, 0.25) is 0 Å². The molecule has 0 N–H and O–H groups in total. The third kappa shape index (κ3) is 9.89. The first-order valence-electron chi connectivity index (χ1n) is 6.95. The van der Waals surface area contributed by atoms with Crippen molar-refractivity contribution < 1.29 is 9.53 Å². The minimum Gasteiger partial charge on any atom is -0.462 e. The van der Waals surface area contributed by atoms with Gasteiger partial charge in [-0.25, -0.2) is 4.79 Å². The fourth-order valence-corrected chi connectivity index (χ4v) is 1.67. The summed E-state index contributed by atoms with van der Waals surface area (Å²) in [6, 6.07) is 1.82. The summed E-state index contributed by atoms with van der Waals surface area (Å²) in [5, 5.41) is 8.38. The summed E-state index contributed by atoms with van der Waals surface area (Å²) < 4.78 is 5.04. The number of nitrogens with zero attached hydrogens (tertiary/aromatic N) is 1. The molecule has 0 aliphatic carbocycles. The molecule has 0 aliphatic heterocycles. The van der Waals surface area contributed by atoms with Crippen LogP contribution < -0.4 is 0 Å². The molecule has 0 aromatic heterocycles. The summed E-state index contributed by atoms with van der Waals surface area (Å²) in [5.41, 5.74) is 0.372. The van der Waals surface area contributed by atoms with Gasteiger partial charge < -0.3 is 4.74 Å². The molecule has 0 radical (unpaired) electrons. The summed E-state index contributed by atoms with van der Waals surface area (Å²) in [6.45, 7) is 4.28. The summed E-state index contributed by atoms with van der Waals surface area (Å²) in [4.78, 5) is 11.3. The molecular formula is C15H25NO2. The zero-order valence-corrected chi connectivity index (χ0v) is 11.7. The lowest BCUT2D eigenvalue weighted by Crippen LogP contribution is -2.06. The highest BCUT2D eigenvalue weighted by atomic mass is 16.5. The van der Waals surface area contributed by atoms with Gasteiger partial charge >= 0.3 is 5.97 Å². The van der Waals surface area contributed by atoms with E-state index in [0.29, 0.717) is 12.2 Å². The molecule has 0 aromatic rings. The number of carbonyl (C=O) groups excluding carboxylic acids is 1. The molecule has 0 aliphatic rings. The molecule has 0 fully saturated rings. The molecule has 102 valence electrons. The van der Waals surface area contributed by atoms with Crippen molar-refractivity contribution in [3.8, 4) is 6.07 Å². The highest BCUT2D eigenvalue weighted by Gasteiger charge is 2.04.